The zero-order valence-corrected chi connectivity index (χ0v) is 17.0. The number of halogens is 1. The van der Waals surface area contributed by atoms with Gasteiger partial charge in [-0.1, -0.05) is 41.9 Å². The van der Waals surface area contributed by atoms with Crippen LogP contribution >= 0.6 is 11.6 Å². The Balaban J connectivity index is 1.60. The van der Waals surface area contributed by atoms with E-state index in [1.54, 1.807) is 17.0 Å². The van der Waals surface area contributed by atoms with Gasteiger partial charge in [0.05, 0.1) is 30.3 Å². The zero-order chi connectivity index (χ0) is 19.8. The number of carbonyl (C=O) groups excluding carboxylic acids is 1. The second kappa shape index (κ2) is 10.5. The zero-order valence-electron chi connectivity index (χ0n) is 16.2. The number of nitrogens with one attached hydrogen (secondary N) is 1. The van der Waals surface area contributed by atoms with Gasteiger partial charge in [0, 0.05) is 6.54 Å². The second-order valence-electron chi connectivity index (χ2n) is 6.82. The normalized spacial score (nSPS) is 16.8. The first kappa shape index (κ1) is 20.6. The lowest BCUT2D eigenvalue weighted by atomic mass is 10.1. The van der Waals surface area contributed by atoms with Gasteiger partial charge >= 0.3 is 0 Å². The molecule has 1 N–H and O–H groups in total. The monoisotopic (exact) mass is 402 g/mol. The molecule has 150 valence electrons. The summed E-state index contributed by atoms with van der Waals surface area (Å²) in [5.74, 6) is 0.616. The molecule has 1 amide bonds. The Labute approximate surface area is 171 Å². The minimum absolute atomic E-state index is 0.0743. The highest BCUT2D eigenvalue weighted by molar-refractivity contribution is 6.34. The van der Waals surface area contributed by atoms with Crippen LogP contribution in [0.1, 0.15) is 34.9 Å². The first-order valence-corrected chi connectivity index (χ1v) is 10.1. The molecule has 28 heavy (non-hydrogen) atoms. The van der Waals surface area contributed by atoms with Crippen LogP contribution in [0.3, 0.4) is 0 Å². The van der Waals surface area contributed by atoms with Crippen LogP contribution in [0.15, 0.2) is 48.5 Å². The number of ether oxygens (including phenoxy) is 2. The number of rotatable bonds is 8. The fourth-order valence-corrected chi connectivity index (χ4v) is 3.48. The van der Waals surface area contributed by atoms with Crippen molar-refractivity contribution in [2.24, 2.45) is 0 Å². The lowest BCUT2D eigenvalue weighted by molar-refractivity contribution is -0.0228. The molecule has 0 bridgehead atoms. The standard InChI is InChI=1S/C22H27ClN2O3/c1-24-11-5-6-13-27-18-9-10-19(20(23)15-18)22(26)25-12-14-28-21(16-25)17-7-3-2-4-8-17/h2-4,7-10,15,21,24H,5-6,11-14,16H2,1H3. The summed E-state index contributed by atoms with van der Waals surface area (Å²) in [6.07, 6.45) is 1.91. The second-order valence-corrected chi connectivity index (χ2v) is 7.23. The number of amides is 1. The summed E-state index contributed by atoms with van der Waals surface area (Å²) in [7, 11) is 1.94. The van der Waals surface area contributed by atoms with Crippen LogP contribution in [-0.2, 0) is 4.74 Å². The molecule has 1 aliphatic heterocycles. The van der Waals surface area contributed by atoms with Gasteiger partial charge < -0.3 is 19.7 Å². The molecule has 6 heteroatoms. The number of unbranched alkanes of at least 4 members (excludes halogenated alkanes) is 1. The molecule has 2 aromatic carbocycles. The number of nitrogens with zero attached hydrogens (tertiary/aromatic N) is 1. The van der Waals surface area contributed by atoms with Gasteiger partial charge in [-0.2, -0.15) is 0 Å². The average Bonchev–Trinajstić information content (AvgIpc) is 2.74. The van der Waals surface area contributed by atoms with E-state index in [1.165, 1.54) is 0 Å². The van der Waals surface area contributed by atoms with Crippen molar-refractivity contribution < 1.29 is 14.3 Å². The molecule has 2 aromatic rings. The third kappa shape index (κ3) is 5.47. The van der Waals surface area contributed by atoms with Gasteiger partial charge in [0.15, 0.2) is 0 Å². The lowest BCUT2D eigenvalue weighted by Gasteiger charge is -2.33. The highest BCUT2D eigenvalue weighted by Crippen LogP contribution is 2.27. The lowest BCUT2D eigenvalue weighted by Crippen LogP contribution is -2.42. The van der Waals surface area contributed by atoms with Crippen LogP contribution < -0.4 is 10.1 Å². The van der Waals surface area contributed by atoms with E-state index in [9.17, 15) is 4.79 Å². The molecule has 1 saturated heterocycles. The molecule has 1 atom stereocenters. The fourth-order valence-electron chi connectivity index (χ4n) is 3.23. The van der Waals surface area contributed by atoms with E-state index >= 15 is 0 Å². The summed E-state index contributed by atoms with van der Waals surface area (Å²) in [4.78, 5) is 14.8. The highest BCUT2D eigenvalue weighted by Gasteiger charge is 2.27. The maximum absolute atomic E-state index is 13.0. The minimum atomic E-state index is -0.113. The largest absolute Gasteiger partial charge is 0.494 e. The summed E-state index contributed by atoms with van der Waals surface area (Å²) < 4.78 is 11.6. The molecular formula is C22H27ClN2O3. The Bertz CT molecular complexity index is 770. The van der Waals surface area contributed by atoms with Crippen molar-refractivity contribution in [1.29, 1.82) is 0 Å². The fraction of sp³-hybridized carbons (Fsp3) is 0.409. The van der Waals surface area contributed by atoms with E-state index in [1.807, 2.05) is 43.4 Å². The smallest absolute Gasteiger partial charge is 0.255 e. The Hall–Kier alpha value is -2.08. The molecule has 0 aliphatic carbocycles. The first-order chi connectivity index (χ1) is 13.7. The molecular weight excluding hydrogens is 376 g/mol. The molecule has 0 aromatic heterocycles. The van der Waals surface area contributed by atoms with Crippen molar-refractivity contribution >= 4 is 17.5 Å². The molecule has 3 rings (SSSR count). The predicted molar refractivity (Wildman–Crippen MR) is 111 cm³/mol. The van der Waals surface area contributed by atoms with Crippen LogP contribution in [0.25, 0.3) is 0 Å². The van der Waals surface area contributed by atoms with Gasteiger partial charge in [-0.25, -0.2) is 0 Å². The molecule has 0 radical (unpaired) electrons. The van der Waals surface area contributed by atoms with Gasteiger partial charge in [0.25, 0.3) is 5.91 Å². The van der Waals surface area contributed by atoms with Gasteiger partial charge in [0.1, 0.15) is 11.9 Å². The van der Waals surface area contributed by atoms with Crippen LogP contribution in [0.4, 0.5) is 0 Å². The summed E-state index contributed by atoms with van der Waals surface area (Å²) >= 11 is 6.39. The summed E-state index contributed by atoms with van der Waals surface area (Å²) in [6, 6.07) is 15.3. The van der Waals surface area contributed by atoms with Gasteiger partial charge in [-0.15, -0.1) is 0 Å². The van der Waals surface area contributed by atoms with Crippen molar-refractivity contribution in [2.45, 2.75) is 18.9 Å². The van der Waals surface area contributed by atoms with Crippen molar-refractivity contribution in [2.75, 3.05) is 39.9 Å². The minimum Gasteiger partial charge on any atom is -0.494 e. The molecule has 5 nitrogen and oxygen atoms in total. The Morgan fingerprint density at radius 1 is 1.25 bits per heavy atom. The summed E-state index contributed by atoms with van der Waals surface area (Å²) in [5, 5.41) is 3.53. The third-order valence-corrected chi connectivity index (χ3v) is 5.10. The third-order valence-electron chi connectivity index (χ3n) is 4.79. The van der Waals surface area contributed by atoms with Crippen molar-refractivity contribution in [3.8, 4) is 5.75 Å². The average molecular weight is 403 g/mol. The summed E-state index contributed by atoms with van der Waals surface area (Å²) in [5.41, 5.74) is 1.58. The predicted octanol–water partition coefficient (Wildman–Crippen LogP) is 3.93. The maximum atomic E-state index is 13.0. The number of hydrogen-bond acceptors (Lipinski definition) is 4. The van der Waals surface area contributed by atoms with E-state index in [4.69, 9.17) is 21.1 Å². The van der Waals surface area contributed by atoms with Gasteiger partial charge in [0.2, 0.25) is 0 Å². The Morgan fingerprint density at radius 3 is 2.82 bits per heavy atom. The van der Waals surface area contributed by atoms with Crippen molar-refractivity contribution in [3.63, 3.8) is 0 Å². The quantitative estimate of drug-likeness (QED) is 0.679. The number of carbonyl (C=O) groups is 1. The molecule has 1 fully saturated rings. The Kier molecular flexibility index (Phi) is 7.71. The van der Waals surface area contributed by atoms with Gasteiger partial charge in [-0.3, -0.25) is 4.79 Å². The highest BCUT2D eigenvalue weighted by atomic mass is 35.5. The molecule has 1 aliphatic rings. The summed E-state index contributed by atoms with van der Waals surface area (Å²) in [6.45, 7) is 3.19. The van der Waals surface area contributed by atoms with Crippen molar-refractivity contribution in [1.82, 2.24) is 10.2 Å². The van der Waals surface area contributed by atoms with E-state index in [2.05, 4.69) is 5.32 Å². The van der Waals surface area contributed by atoms with Crippen LogP contribution in [0.5, 0.6) is 5.75 Å². The molecule has 0 saturated carbocycles. The Morgan fingerprint density at radius 2 is 2.07 bits per heavy atom. The van der Waals surface area contributed by atoms with Crippen LogP contribution in [0, 0.1) is 0 Å². The van der Waals surface area contributed by atoms with E-state index < -0.39 is 0 Å². The van der Waals surface area contributed by atoms with E-state index in [0.29, 0.717) is 42.6 Å². The molecule has 1 unspecified atom stereocenters. The SMILES string of the molecule is CNCCCCOc1ccc(C(=O)N2CCOC(c3ccccc3)C2)c(Cl)c1. The number of hydrogen-bond donors (Lipinski definition) is 1. The molecule has 0 spiro atoms. The topological polar surface area (TPSA) is 50.8 Å². The van der Waals surface area contributed by atoms with E-state index in [-0.39, 0.29) is 12.0 Å². The van der Waals surface area contributed by atoms with E-state index in [0.717, 1.165) is 24.9 Å². The van der Waals surface area contributed by atoms with Crippen LogP contribution in [0.2, 0.25) is 5.02 Å². The molecule has 1 heterocycles. The van der Waals surface area contributed by atoms with Crippen molar-refractivity contribution in [3.05, 3.63) is 64.7 Å². The van der Waals surface area contributed by atoms with Crippen LogP contribution in [-0.4, -0.2) is 50.7 Å². The first-order valence-electron chi connectivity index (χ1n) is 9.72. The maximum Gasteiger partial charge on any atom is 0.255 e. The van der Waals surface area contributed by atoms with Gasteiger partial charge in [-0.05, 0) is 50.2 Å². The number of morpholine rings is 1. The number of benzene rings is 2.